The van der Waals surface area contributed by atoms with E-state index in [0.717, 1.165) is 51.2 Å². The van der Waals surface area contributed by atoms with Gasteiger partial charge in [-0.1, -0.05) is 0 Å². The number of nitrogens with zero attached hydrogens (tertiary/aromatic N) is 3. The van der Waals surface area contributed by atoms with E-state index in [1.807, 2.05) is 16.7 Å². The minimum absolute atomic E-state index is 0.116. The smallest absolute Gasteiger partial charge is 0.226 e. The maximum absolute atomic E-state index is 13.2. The fraction of sp³-hybridized carbons (Fsp3) is 0.889. The molecule has 0 aromatic carbocycles. The average Bonchev–Trinajstić information content (AvgIpc) is 2.99. The molecule has 0 aromatic heterocycles. The zero-order valence-electron chi connectivity index (χ0n) is 14.9. The fourth-order valence-electron chi connectivity index (χ4n) is 4.21. The normalized spacial score (nSPS) is 27.3. The molecular formula is C18H31N3O2S. The molecule has 1 unspecified atom stereocenters. The van der Waals surface area contributed by atoms with E-state index < -0.39 is 0 Å². The van der Waals surface area contributed by atoms with E-state index in [1.165, 1.54) is 31.7 Å². The van der Waals surface area contributed by atoms with Crippen LogP contribution in [0.3, 0.4) is 0 Å². The van der Waals surface area contributed by atoms with Crippen molar-refractivity contribution in [3.63, 3.8) is 0 Å². The Balaban J connectivity index is 1.60. The maximum atomic E-state index is 13.2. The number of hydrogen-bond donors (Lipinski definition) is 0. The van der Waals surface area contributed by atoms with Crippen molar-refractivity contribution in [1.29, 1.82) is 0 Å². The Morgan fingerprint density at radius 3 is 2.38 bits per heavy atom. The lowest BCUT2D eigenvalue weighted by Gasteiger charge is -2.37. The summed E-state index contributed by atoms with van der Waals surface area (Å²) < 4.78 is 0. The van der Waals surface area contributed by atoms with Gasteiger partial charge in [-0.05, 0) is 50.9 Å². The minimum Gasteiger partial charge on any atom is -0.343 e. The molecule has 24 heavy (non-hydrogen) atoms. The predicted octanol–water partition coefficient (Wildman–Crippen LogP) is 1.67. The van der Waals surface area contributed by atoms with Crippen LogP contribution in [0.2, 0.25) is 0 Å². The summed E-state index contributed by atoms with van der Waals surface area (Å²) in [6, 6.07) is 0.369. The standard InChI is InChI=1S/C18H31N3O2S/c1-15(22)20-10-5-16(6-11-20)18(23)21-9-4-12-24-14-17(21)13-19-7-2-3-8-19/h16-17H,2-14H2,1H3. The van der Waals surface area contributed by atoms with Crippen LogP contribution in [0.4, 0.5) is 0 Å². The van der Waals surface area contributed by atoms with Crippen molar-refractivity contribution in [2.24, 2.45) is 5.92 Å². The molecule has 0 aromatic rings. The van der Waals surface area contributed by atoms with E-state index >= 15 is 0 Å². The fourth-order valence-corrected chi connectivity index (χ4v) is 5.27. The highest BCUT2D eigenvalue weighted by Crippen LogP contribution is 2.25. The van der Waals surface area contributed by atoms with Gasteiger partial charge in [-0.2, -0.15) is 11.8 Å². The first-order chi connectivity index (χ1) is 11.6. The SMILES string of the molecule is CC(=O)N1CCC(C(=O)N2CCCSCC2CN2CCCC2)CC1. The van der Waals surface area contributed by atoms with Crippen LogP contribution in [0.15, 0.2) is 0 Å². The van der Waals surface area contributed by atoms with Gasteiger partial charge in [-0.25, -0.2) is 0 Å². The van der Waals surface area contributed by atoms with Crippen molar-refractivity contribution in [2.45, 2.75) is 45.1 Å². The first-order valence-electron chi connectivity index (χ1n) is 9.51. The Morgan fingerprint density at radius 1 is 1.00 bits per heavy atom. The van der Waals surface area contributed by atoms with E-state index in [-0.39, 0.29) is 11.8 Å². The number of thioether (sulfide) groups is 1. The van der Waals surface area contributed by atoms with Crippen LogP contribution >= 0.6 is 11.8 Å². The molecule has 5 nitrogen and oxygen atoms in total. The lowest BCUT2D eigenvalue weighted by molar-refractivity contribution is -0.141. The number of hydrogen-bond acceptors (Lipinski definition) is 4. The summed E-state index contributed by atoms with van der Waals surface area (Å²) in [5, 5.41) is 0. The highest BCUT2D eigenvalue weighted by Gasteiger charge is 2.34. The molecule has 0 bridgehead atoms. The van der Waals surface area contributed by atoms with Gasteiger partial charge in [0.05, 0.1) is 6.04 Å². The van der Waals surface area contributed by atoms with Gasteiger partial charge in [0.2, 0.25) is 11.8 Å². The molecule has 3 heterocycles. The highest BCUT2D eigenvalue weighted by atomic mass is 32.2. The Kier molecular flexibility index (Phi) is 6.44. The average molecular weight is 354 g/mol. The van der Waals surface area contributed by atoms with Gasteiger partial charge in [-0.15, -0.1) is 0 Å². The Labute approximate surface area is 150 Å². The van der Waals surface area contributed by atoms with Gasteiger partial charge in [0.25, 0.3) is 0 Å². The lowest BCUT2D eigenvalue weighted by Crippen LogP contribution is -2.51. The summed E-state index contributed by atoms with van der Waals surface area (Å²) in [6.45, 7) is 7.46. The molecule has 1 atom stereocenters. The highest BCUT2D eigenvalue weighted by molar-refractivity contribution is 7.99. The van der Waals surface area contributed by atoms with Crippen molar-refractivity contribution in [3.8, 4) is 0 Å². The molecule has 0 radical (unpaired) electrons. The van der Waals surface area contributed by atoms with Crippen LogP contribution in [-0.2, 0) is 9.59 Å². The van der Waals surface area contributed by atoms with E-state index in [4.69, 9.17) is 0 Å². The van der Waals surface area contributed by atoms with Crippen LogP contribution in [0.1, 0.15) is 39.0 Å². The summed E-state index contributed by atoms with van der Waals surface area (Å²) >= 11 is 2.01. The van der Waals surface area contributed by atoms with Crippen molar-refractivity contribution in [1.82, 2.24) is 14.7 Å². The number of piperidine rings is 1. The summed E-state index contributed by atoms with van der Waals surface area (Å²) in [4.78, 5) is 31.3. The molecule has 136 valence electrons. The Bertz CT molecular complexity index is 446. The summed E-state index contributed by atoms with van der Waals surface area (Å²) in [5.41, 5.74) is 0. The molecule has 6 heteroatoms. The molecule has 0 saturated carbocycles. The van der Waals surface area contributed by atoms with Gasteiger partial charge in [0.1, 0.15) is 0 Å². The van der Waals surface area contributed by atoms with Gasteiger partial charge in [0, 0.05) is 44.8 Å². The molecule has 3 aliphatic heterocycles. The topological polar surface area (TPSA) is 43.9 Å². The zero-order valence-corrected chi connectivity index (χ0v) is 15.7. The first kappa shape index (κ1) is 18.1. The first-order valence-corrected chi connectivity index (χ1v) is 10.7. The zero-order chi connectivity index (χ0) is 16.9. The molecule has 0 N–H and O–H groups in total. The monoisotopic (exact) mass is 353 g/mol. The molecule has 2 amide bonds. The molecule has 0 aliphatic carbocycles. The molecular weight excluding hydrogens is 322 g/mol. The van der Waals surface area contributed by atoms with Gasteiger partial charge in [0.15, 0.2) is 0 Å². The van der Waals surface area contributed by atoms with Crippen LogP contribution < -0.4 is 0 Å². The molecule has 3 aliphatic rings. The van der Waals surface area contributed by atoms with Gasteiger partial charge in [-0.3, -0.25) is 9.59 Å². The van der Waals surface area contributed by atoms with Crippen LogP contribution in [-0.4, -0.2) is 83.3 Å². The van der Waals surface area contributed by atoms with Crippen molar-refractivity contribution in [3.05, 3.63) is 0 Å². The van der Waals surface area contributed by atoms with Gasteiger partial charge < -0.3 is 14.7 Å². The summed E-state index contributed by atoms with van der Waals surface area (Å²) in [7, 11) is 0. The Hall–Kier alpha value is -0.750. The predicted molar refractivity (Wildman–Crippen MR) is 98.1 cm³/mol. The molecule has 3 fully saturated rings. The Morgan fingerprint density at radius 2 is 1.71 bits per heavy atom. The van der Waals surface area contributed by atoms with Gasteiger partial charge >= 0.3 is 0 Å². The molecule has 0 spiro atoms. The third kappa shape index (κ3) is 4.45. The van der Waals surface area contributed by atoms with E-state index in [9.17, 15) is 9.59 Å². The van der Waals surface area contributed by atoms with E-state index in [1.54, 1.807) is 6.92 Å². The number of carbonyl (C=O) groups is 2. The summed E-state index contributed by atoms with van der Waals surface area (Å²) in [5.74, 6) is 2.85. The van der Waals surface area contributed by atoms with Crippen molar-refractivity contribution >= 4 is 23.6 Å². The van der Waals surface area contributed by atoms with Crippen LogP contribution in [0.25, 0.3) is 0 Å². The second-order valence-electron chi connectivity index (χ2n) is 7.40. The second-order valence-corrected chi connectivity index (χ2v) is 8.55. The number of likely N-dealkylation sites (tertiary alicyclic amines) is 2. The largest absolute Gasteiger partial charge is 0.343 e. The van der Waals surface area contributed by atoms with Crippen LogP contribution in [0.5, 0.6) is 0 Å². The summed E-state index contributed by atoms with van der Waals surface area (Å²) in [6.07, 6.45) is 5.38. The lowest BCUT2D eigenvalue weighted by atomic mass is 9.94. The van der Waals surface area contributed by atoms with Crippen LogP contribution in [0, 0.1) is 5.92 Å². The van der Waals surface area contributed by atoms with Crippen molar-refractivity contribution < 1.29 is 9.59 Å². The van der Waals surface area contributed by atoms with E-state index in [0.29, 0.717) is 11.9 Å². The number of rotatable bonds is 3. The molecule has 3 saturated heterocycles. The van der Waals surface area contributed by atoms with E-state index in [2.05, 4.69) is 9.80 Å². The number of amides is 2. The molecule has 3 rings (SSSR count). The quantitative estimate of drug-likeness (QED) is 0.774. The third-order valence-corrected chi connectivity index (χ3v) is 6.88. The minimum atomic E-state index is 0.116. The maximum Gasteiger partial charge on any atom is 0.226 e. The third-order valence-electron chi connectivity index (χ3n) is 5.68. The second kappa shape index (κ2) is 8.56. The number of carbonyl (C=O) groups excluding carboxylic acids is 2. The van der Waals surface area contributed by atoms with Crippen molar-refractivity contribution in [2.75, 3.05) is 50.8 Å².